The molecule has 0 saturated heterocycles. The van der Waals surface area contributed by atoms with Gasteiger partial charge in [0.25, 0.3) is 0 Å². The molecule has 0 aliphatic carbocycles. The zero-order valence-electron chi connectivity index (χ0n) is 8.29. The first-order valence-electron chi connectivity index (χ1n) is 5.23. The van der Waals surface area contributed by atoms with Crippen LogP contribution in [0.3, 0.4) is 0 Å². The van der Waals surface area contributed by atoms with Crippen LogP contribution in [0.5, 0.6) is 0 Å². The number of nitrogens with zero attached hydrogens (tertiary/aromatic N) is 2. The number of pyridine rings is 1. The van der Waals surface area contributed by atoms with Gasteiger partial charge in [-0.3, -0.25) is 0 Å². The normalized spacial score (nSPS) is 14.6. The summed E-state index contributed by atoms with van der Waals surface area (Å²) in [5.41, 5.74) is 11.1. The third-order valence-electron chi connectivity index (χ3n) is 2.54. The highest BCUT2D eigenvalue weighted by atomic mass is 15.0. The Bertz CT molecular complexity index is 309. The molecule has 0 aromatic carbocycles. The lowest BCUT2D eigenvalue weighted by Crippen LogP contribution is -2.14. The molecule has 0 bridgehead atoms. The standard InChI is InChI=1S/C11H15N3/c12-7-1-4-10-6-5-9-3-2-8-13-11(9)14-10/h5-6H,1-4,7-8H2,(H,13,14). The fourth-order valence-corrected chi connectivity index (χ4v) is 1.77. The quantitative estimate of drug-likeness (QED) is 0.782. The Morgan fingerprint density at radius 3 is 3.21 bits per heavy atom. The van der Waals surface area contributed by atoms with E-state index in [-0.39, 0.29) is 6.54 Å². The van der Waals surface area contributed by atoms with Crippen LogP contribution in [-0.2, 0) is 12.8 Å². The lowest BCUT2D eigenvalue weighted by Gasteiger charge is -2.17. The third-order valence-corrected chi connectivity index (χ3v) is 2.54. The average Bonchev–Trinajstić information content (AvgIpc) is 2.26. The van der Waals surface area contributed by atoms with E-state index >= 15 is 0 Å². The molecule has 0 unspecified atom stereocenters. The van der Waals surface area contributed by atoms with E-state index in [1.165, 1.54) is 12.0 Å². The van der Waals surface area contributed by atoms with Gasteiger partial charge in [-0.2, -0.15) is 0 Å². The van der Waals surface area contributed by atoms with E-state index in [0.29, 0.717) is 0 Å². The molecule has 2 heterocycles. The molecule has 0 fully saturated rings. The Morgan fingerprint density at radius 1 is 1.43 bits per heavy atom. The summed E-state index contributed by atoms with van der Waals surface area (Å²) in [6.07, 6.45) is 4.00. The van der Waals surface area contributed by atoms with E-state index in [1.54, 1.807) is 0 Å². The van der Waals surface area contributed by atoms with Crippen molar-refractivity contribution in [2.45, 2.75) is 25.7 Å². The second-order valence-electron chi connectivity index (χ2n) is 3.67. The third kappa shape index (κ3) is 2.04. The number of hydrogen-bond donors (Lipinski definition) is 1. The molecular formula is C11H15N3. The molecule has 3 nitrogen and oxygen atoms in total. The van der Waals surface area contributed by atoms with Crippen molar-refractivity contribution in [1.82, 2.24) is 10.7 Å². The molecule has 0 spiro atoms. The van der Waals surface area contributed by atoms with Crippen LogP contribution in [0.1, 0.15) is 24.1 Å². The molecular weight excluding hydrogens is 174 g/mol. The summed E-state index contributed by atoms with van der Waals surface area (Å²) >= 11 is 0. The molecule has 1 aliphatic rings. The molecule has 74 valence electrons. The Balaban J connectivity index is 2.12. The lowest BCUT2D eigenvalue weighted by molar-refractivity contribution is 0.778. The molecule has 1 N–H and O–H groups in total. The van der Waals surface area contributed by atoms with Gasteiger partial charge in [-0.25, -0.2) is 4.98 Å². The summed E-state index contributed by atoms with van der Waals surface area (Å²) in [6.45, 7) is 1.27. The SMILES string of the molecule is [N]CCCc1ccc2c(n1)NCCC2. The molecule has 1 aromatic heterocycles. The Morgan fingerprint density at radius 2 is 2.36 bits per heavy atom. The smallest absolute Gasteiger partial charge is 0.129 e. The zero-order chi connectivity index (χ0) is 9.80. The van der Waals surface area contributed by atoms with Gasteiger partial charge in [0.05, 0.1) is 0 Å². The van der Waals surface area contributed by atoms with Crippen LogP contribution >= 0.6 is 0 Å². The lowest BCUT2D eigenvalue weighted by atomic mass is 10.1. The molecule has 3 heteroatoms. The number of hydrogen-bond acceptors (Lipinski definition) is 2. The van der Waals surface area contributed by atoms with Gasteiger partial charge in [0.2, 0.25) is 0 Å². The van der Waals surface area contributed by atoms with Crippen molar-refractivity contribution >= 4 is 5.82 Å². The highest BCUT2D eigenvalue weighted by Crippen LogP contribution is 2.19. The Labute approximate surface area is 84.7 Å². The first-order chi connectivity index (χ1) is 6.90. The maximum Gasteiger partial charge on any atom is 0.129 e. The van der Waals surface area contributed by atoms with Crippen molar-refractivity contribution in [2.75, 3.05) is 18.4 Å². The number of aryl methyl sites for hydroxylation is 2. The van der Waals surface area contributed by atoms with Crippen LogP contribution < -0.4 is 11.1 Å². The molecule has 0 amide bonds. The van der Waals surface area contributed by atoms with Crippen LogP contribution in [0.15, 0.2) is 12.1 Å². The van der Waals surface area contributed by atoms with Gasteiger partial charge in [-0.15, -0.1) is 5.73 Å². The zero-order valence-corrected chi connectivity index (χ0v) is 8.29. The van der Waals surface area contributed by atoms with E-state index in [0.717, 1.165) is 37.3 Å². The summed E-state index contributed by atoms with van der Waals surface area (Å²) in [6, 6.07) is 4.22. The number of nitrogens with one attached hydrogen (secondary N) is 1. The van der Waals surface area contributed by atoms with Gasteiger partial charge in [0.15, 0.2) is 0 Å². The minimum Gasteiger partial charge on any atom is -0.370 e. The topological polar surface area (TPSA) is 47.2 Å². The van der Waals surface area contributed by atoms with Gasteiger partial charge < -0.3 is 5.32 Å². The van der Waals surface area contributed by atoms with Crippen LogP contribution in [0.2, 0.25) is 0 Å². The van der Waals surface area contributed by atoms with Crippen LogP contribution in [0, 0.1) is 0 Å². The Kier molecular flexibility index (Phi) is 2.99. The van der Waals surface area contributed by atoms with E-state index < -0.39 is 0 Å². The average molecular weight is 189 g/mol. The second-order valence-corrected chi connectivity index (χ2v) is 3.67. The van der Waals surface area contributed by atoms with Crippen LogP contribution in [0.4, 0.5) is 5.82 Å². The summed E-state index contributed by atoms with van der Waals surface area (Å²) in [7, 11) is 0. The van der Waals surface area contributed by atoms with Gasteiger partial charge in [-0.05, 0) is 37.3 Å². The number of rotatable bonds is 3. The second kappa shape index (κ2) is 4.42. The van der Waals surface area contributed by atoms with E-state index in [2.05, 4.69) is 22.4 Å². The van der Waals surface area contributed by atoms with E-state index in [4.69, 9.17) is 5.73 Å². The van der Waals surface area contributed by atoms with Gasteiger partial charge in [-0.1, -0.05) is 6.07 Å². The molecule has 2 rings (SSSR count). The van der Waals surface area contributed by atoms with Crippen molar-refractivity contribution in [1.29, 1.82) is 0 Å². The van der Waals surface area contributed by atoms with Crippen molar-refractivity contribution in [2.24, 2.45) is 0 Å². The molecule has 14 heavy (non-hydrogen) atoms. The number of anilines is 1. The highest BCUT2D eigenvalue weighted by molar-refractivity contribution is 5.46. The van der Waals surface area contributed by atoms with Crippen LogP contribution in [-0.4, -0.2) is 18.1 Å². The molecule has 1 aromatic rings. The molecule has 0 atom stereocenters. The van der Waals surface area contributed by atoms with Crippen molar-refractivity contribution in [3.8, 4) is 0 Å². The first-order valence-corrected chi connectivity index (χ1v) is 5.23. The predicted octanol–water partition coefficient (Wildman–Crippen LogP) is 1.44. The predicted molar refractivity (Wildman–Crippen MR) is 56.4 cm³/mol. The fourth-order valence-electron chi connectivity index (χ4n) is 1.77. The van der Waals surface area contributed by atoms with Crippen molar-refractivity contribution in [3.63, 3.8) is 0 Å². The minimum atomic E-state index is 0.242. The van der Waals surface area contributed by atoms with E-state index in [9.17, 15) is 0 Å². The summed E-state index contributed by atoms with van der Waals surface area (Å²) in [4.78, 5) is 4.53. The fraction of sp³-hybridized carbons (Fsp3) is 0.545. The maximum absolute atomic E-state index is 8.72. The van der Waals surface area contributed by atoms with Gasteiger partial charge in [0.1, 0.15) is 5.82 Å². The maximum atomic E-state index is 8.72. The largest absolute Gasteiger partial charge is 0.370 e. The highest BCUT2D eigenvalue weighted by Gasteiger charge is 2.09. The van der Waals surface area contributed by atoms with Crippen LogP contribution in [0.25, 0.3) is 0 Å². The summed E-state index contributed by atoms with van der Waals surface area (Å²) < 4.78 is 0. The minimum absolute atomic E-state index is 0.242. The van der Waals surface area contributed by atoms with Gasteiger partial charge >= 0.3 is 0 Å². The monoisotopic (exact) mass is 189 g/mol. The molecule has 1 aliphatic heterocycles. The summed E-state index contributed by atoms with van der Waals surface area (Å²) in [5.74, 6) is 1.05. The number of aromatic nitrogens is 1. The molecule has 2 radical (unpaired) electrons. The first kappa shape index (κ1) is 9.46. The number of fused-ring (bicyclic) bond motifs is 1. The van der Waals surface area contributed by atoms with E-state index in [1.807, 2.05) is 0 Å². The van der Waals surface area contributed by atoms with Crippen molar-refractivity contribution < 1.29 is 0 Å². The molecule has 0 saturated carbocycles. The van der Waals surface area contributed by atoms with Gasteiger partial charge in [0, 0.05) is 18.8 Å². The summed E-state index contributed by atoms with van der Waals surface area (Å²) in [5, 5.41) is 3.31. The Hall–Kier alpha value is -1.09. The van der Waals surface area contributed by atoms with Crippen molar-refractivity contribution in [3.05, 3.63) is 23.4 Å².